The predicted octanol–water partition coefficient (Wildman–Crippen LogP) is 3.91. The van der Waals surface area contributed by atoms with Crippen molar-refractivity contribution in [1.29, 1.82) is 0 Å². The Hall–Kier alpha value is -0.380. The average Bonchev–Trinajstić information content (AvgIpc) is 2.40. The minimum absolute atomic E-state index is 0.241. The molecule has 1 aromatic rings. The Morgan fingerprint density at radius 2 is 2.00 bits per heavy atom. The Kier molecular flexibility index (Phi) is 5.04. The van der Waals surface area contributed by atoms with Gasteiger partial charge in [0.1, 0.15) is 0 Å². The van der Waals surface area contributed by atoms with E-state index in [9.17, 15) is 10.2 Å². The van der Waals surface area contributed by atoms with E-state index < -0.39 is 5.60 Å². The lowest BCUT2D eigenvalue weighted by Gasteiger charge is -2.36. The SMILES string of the molecule is CCCCc1cc(Br)ccc1C1(O)CCC(O)CC1. The molecule has 0 aliphatic heterocycles. The molecule has 2 nitrogen and oxygen atoms in total. The third-order valence-electron chi connectivity index (χ3n) is 4.15. The van der Waals surface area contributed by atoms with Gasteiger partial charge in [0.25, 0.3) is 0 Å². The topological polar surface area (TPSA) is 40.5 Å². The molecule has 0 heterocycles. The molecule has 2 rings (SSSR count). The Balaban J connectivity index is 2.27. The van der Waals surface area contributed by atoms with Crippen LogP contribution in [0.4, 0.5) is 0 Å². The maximum Gasteiger partial charge on any atom is 0.0901 e. The first-order valence-electron chi connectivity index (χ1n) is 7.24. The molecule has 1 fully saturated rings. The van der Waals surface area contributed by atoms with Crippen molar-refractivity contribution in [2.45, 2.75) is 63.6 Å². The number of rotatable bonds is 4. The van der Waals surface area contributed by atoms with Crippen molar-refractivity contribution in [3.63, 3.8) is 0 Å². The molecule has 1 aromatic carbocycles. The van der Waals surface area contributed by atoms with Gasteiger partial charge in [-0.3, -0.25) is 0 Å². The van der Waals surface area contributed by atoms with E-state index in [4.69, 9.17) is 0 Å². The number of aliphatic hydroxyl groups is 2. The number of hydrogen-bond acceptors (Lipinski definition) is 2. The first kappa shape index (κ1) is 15.0. The van der Waals surface area contributed by atoms with E-state index in [1.54, 1.807) is 0 Å². The molecule has 0 aromatic heterocycles. The molecule has 0 atom stereocenters. The van der Waals surface area contributed by atoms with Gasteiger partial charge in [0.05, 0.1) is 11.7 Å². The smallest absolute Gasteiger partial charge is 0.0901 e. The van der Waals surface area contributed by atoms with Crippen LogP contribution in [0.1, 0.15) is 56.6 Å². The first-order chi connectivity index (χ1) is 9.05. The zero-order chi connectivity index (χ0) is 13.9. The highest BCUT2D eigenvalue weighted by Crippen LogP contribution is 2.39. The fourth-order valence-electron chi connectivity index (χ4n) is 2.94. The molecule has 0 amide bonds. The van der Waals surface area contributed by atoms with E-state index in [1.807, 2.05) is 12.1 Å². The highest BCUT2D eigenvalue weighted by atomic mass is 79.9. The highest BCUT2D eigenvalue weighted by Gasteiger charge is 2.35. The Morgan fingerprint density at radius 1 is 1.32 bits per heavy atom. The number of aliphatic hydroxyl groups excluding tert-OH is 1. The zero-order valence-electron chi connectivity index (χ0n) is 11.5. The van der Waals surface area contributed by atoms with Gasteiger partial charge in [0, 0.05) is 4.47 Å². The molecule has 0 radical (unpaired) electrons. The minimum Gasteiger partial charge on any atom is -0.393 e. The molecule has 19 heavy (non-hydrogen) atoms. The van der Waals surface area contributed by atoms with Gasteiger partial charge >= 0.3 is 0 Å². The normalized spacial score (nSPS) is 27.5. The van der Waals surface area contributed by atoms with Gasteiger partial charge in [-0.15, -0.1) is 0 Å². The summed E-state index contributed by atoms with van der Waals surface area (Å²) >= 11 is 3.52. The van der Waals surface area contributed by atoms with E-state index in [0.717, 1.165) is 29.3 Å². The fourth-order valence-corrected chi connectivity index (χ4v) is 3.35. The van der Waals surface area contributed by atoms with Crippen molar-refractivity contribution in [3.8, 4) is 0 Å². The monoisotopic (exact) mass is 326 g/mol. The van der Waals surface area contributed by atoms with Gasteiger partial charge in [0.15, 0.2) is 0 Å². The summed E-state index contributed by atoms with van der Waals surface area (Å²) < 4.78 is 1.07. The van der Waals surface area contributed by atoms with Crippen LogP contribution in [0.2, 0.25) is 0 Å². The van der Waals surface area contributed by atoms with Crippen LogP contribution in [-0.4, -0.2) is 16.3 Å². The van der Waals surface area contributed by atoms with Crippen LogP contribution in [0.25, 0.3) is 0 Å². The largest absolute Gasteiger partial charge is 0.393 e. The Bertz CT molecular complexity index is 423. The van der Waals surface area contributed by atoms with Gasteiger partial charge in [-0.1, -0.05) is 35.3 Å². The molecule has 3 heteroatoms. The Morgan fingerprint density at radius 3 is 2.63 bits per heavy atom. The second-order valence-electron chi connectivity index (χ2n) is 5.67. The summed E-state index contributed by atoms with van der Waals surface area (Å²) in [7, 11) is 0. The van der Waals surface area contributed by atoms with Crippen LogP contribution < -0.4 is 0 Å². The summed E-state index contributed by atoms with van der Waals surface area (Å²) in [5.74, 6) is 0. The van der Waals surface area contributed by atoms with E-state index >= 15 is 0 Å². The van der Waals surface area contributed by atoms with Crippen LogP contribution in [0.5, 0.6) is 0 Å². The van der Waals surface area contributed by atoms with Gasteiger partial charge < -0.3 is 10.2 Å². The molecule has 0 unspecified atom stereocenters. The summed E-state index contributed by atoms with van der Waals surface area (Å²) in [6, 6.07) is 6.19. The molecule has 106 valence electrons. The van der Waals surface area contributed by atoms with Gasteiger partial charge in [-0.2, -0.15) is 0 Å². The summed E-state index contributed by atoms with van der Waals surface area (Å²) in [5.41, 5.74) is 1.56. The van der Waals surface area contributed by atoms with Crippen molar-refractivity contribution in [2.24, 2.45) is 0 Å². The van der Waals surface area contributed by atoms with Crippen molar-refractivity contribution < 1.29 is 10.2 Å². The lowest BCUT2D eigenvalue weighted by molar-refractivity contribution is -0.0367. The lowest BCUT2D eigenvalue weighted by Crippen LogP contribution is -2.34. The van der Waals surface area contributed by atoms with E-state index in [0.29, 0.717) is 25.7 Å². The summed E-state index contributed by atoms with van der Waals surface area (Å²) in [6.07, 6.45) is 5.78. The van der Waals surface area contributed by atoms with Gasteiger partial charge in [-0.25, -0.2) is 0 Å². The lowest BCUT2D eigenvalue weighted by atomic mass is 9.76. The second kappa shape index (κ2) is 6.38. The van der Waals surface area contributed by atoms with E-state index in [-0.39, 0.29) is 6.10 Å². The van der Waals surface area contributed by atoms with Crippen molar-refractivity contribution in [1.82, 2.24) is 0 Å². The first-order valence-corrected chi connectivity index (χ1v) is 8.04. The standard InChI is InChI=1S/C16H23BrO2/c1-2-3-4-12-11-13(17)5-6-15(12)16(19)9-7-14(18)8-10-16/h5-6,11,14,18-19H,2-4,7-10H2,1H3. The van der Waals surface area contributed by atoms with E-state index in [2.05, 4.69) is 28.9 Å². The fraction of sp³-hybridized carbons (Fsp3) is 0.625. The highest BCUT2D eigenvalue weighted by molar-refractivity contribution is 9.10. The summed E-state index contributed by atoms with van der Waals surface area (Å²) in [4.78, 5) is 0. The van der Waals surface area contributed by atoms with Crippen molar-refractivity contribution >= 4 is 15.9 Å². The molecule has 1 saturated carbocycles. The van der Waals surface area contributed by atoms with Crippen LogP contribution in [0.3, 0.4) is 0 Å². The predicted molar refractivity (Wildman–Crippen MR) is 81.1 cm³/mol. The number of aryl methyl sites for hydroxylation is 1. The third kappa shape index (κ3) is 3.59. The second-order valence-corrected chi connectivity index (χ2v) is 6.58. The van der Waals surface area contributed by atoms with Crippen molar-refractivity contribution in [3.05, 3.63) is 33.8 Å². The minimum atomic E-state index is -0.747. The van der Waals surface area contributed by atoms with Crippen molar-refractivity contribution in [2.75, 3.05) is 0 Å². The molecule has 1 aliphatic rings. The van der Waals surface area contributed by atoms with Crippen LogP contribution >= 0.6 is 15.9 Å². The molecule has 0 spiro atoms. The molecule has 2 N–H and O–H groups in total. The third-order valence-corrected chi connectivity index (χ3v) is 4.64. The maximum absolute atomic E-state index is 10.9. The van der Waals surface area contributed by atoms with Crippen LogP contribution in [0.15, 0.2) is 22.7 Å². The van der Waals surface area contributed by atoms with Gasteiger partial charge in [-0.05, 0) is 61.8 Å². The summed E-state index contributed by atoms with van der Waals surface area (Å²) in [5, 5.41) is 20.5. The van der Waals surface area contributed by atoms with E-state index in [1.165, 1.54) is 5.56 Å². The zero-order valence-corrected chi connectivity index (χ0v) is 13.1. The van der Waals surface area contributed by atoms with Crippen LogP contribution in [-0.2, 0) is 12.0 Å². The summed E-state index contributed by atoms with van der Waals surface area (Å²) in [6.45, 7) is 2.18. The average molecular weight is 327 g/mol. The van der Waals surface area contributed by atoms with Gasteiger partial charge in [0.2, 0.25) is 0 Å². The molecule has 1 aliphatic carbocycles. The quantitative estimate of drug-likeness (QED) is 0.880. The maximum atomic E-state index is 10.9. The number of benzene rings is 1. The molecule has 0 saturated heterocycles. The Labute approximate surface area is 124 Å². The van der Waals surface area contributed by atoms with Crippen LogP contribution in [0, 0.1) is 0 Å². The number of hydrogen-bond donors (Lipinski definition) is 2. The molecular weight excluding hydrogens is 304 g/mol. The molecular formula is C16H23BrO2. The number of unbranched alkanes of at least 4 members (excludes halogenated alkanes) is 1. The number of halogens is 1. The molecule has 0 bridgehead atoms.